The second-order valence-corrected chi connectivity index (χ2v) is 5.75. The summed E-state index contributed by atoms with van der Waals surface area (Å²) in [5.41, 5.74) is 0. The maximum atomic E-state index is 3.61. The average Bonchev–Trinajstić information content (AvgIpc) is 2.30. The van der Waals surface area contributed by atoms with E-state index < -0.39 is 0 Å². The molecule has 1 aliphatic heterocycles. The normalized spacial score (nSPS) is 42.8. The Hall–Kier alpha value is -0.0400. The average molecular weight is 209 g/mol. The van der Waals surface area contributed by atoms with Crippen molar-refractivity contribution >= 4 is 0 Å². The summed E-state index contributed by atoms with van der Waals surface area (Å²) in [6.07, 6.45) is 8.80. The standard InChI is InChI=1S/C14H27N/c1-3-12-6-4-5-7-13(12)14-10-15-9-8-11(14)2/h11-15H,3-10H2,1-2H3. The van der Waals surface area contributed by atoms with Crippen molar-refractivity contribution in [2.24, 2.45) is 23.7 Å². The van der Waals surface area contributed by atoms with Gasteiger partial charge in [-0.3, -0.25) is 0 Å². The molecule has 0 aromatic carbocycles. The van der Waals surface area contributed by atoms with E-state index in [-0.39, 0.29) is 0 Å². The summed E-state index contributed by atoms with van der Waals surface area (Å²) in [4.78, 5) is 0. The molecule has 0 bridgehead atoms. The van der Waals surface area contributed by atoms with E-state index in [0.717, 1.165) is 23.7 Å². The third kappa shape index (κ3) is 2.55. The van der Waals surface area contributed by atoms with Crippen LogP contribution in [0.15, 0.2) is 0 Å². The van der Waals surface area contributed by atoms with E-state index in [1.165, 1.54) is 51.6 Å². The van der Waals surface area contributed by atoms with Crippen LogP contribution in [0.25, 0.3) is 0 Å². The summed E-state index contributed by atoms with van der Waals surface area (Å²) >= 11 is 0. The van der Waals surface area contributed by atoms with Crippen LogP contribution in [0.2, 0.25) is 0 Å². The molecule has 1 N–H and O–H groups in total. The van der Waals surface area contributed by atoms with Crippen LogP contribution in [-0.4, -0.2) is 13.1 Å². The van der Waals surface area contributed by atoms with Crippen LogP contribution in [0, 0.1) is 23.7 Å². The Morgan fingerprint density at radius 2 is 1.87 bits per heavy atom. The quantitative estimate of drug-likeness (QED) is 0.734. The zero-order valence-corrected chi connectivity index (χ0v) is 10.5. The SMILES string of the molecule is CCC1CCCCC1C1CNCCC1C. The van der Waals surface area contributed by atoms with Crippen molar-refractivity contribution in [3.05, 3.63) is 0 Å². The van der Waals surface area contributed by atoms with Crippen molar-refractivity contribution in [1.29, 1.82) is 0 Å². The molecule has 1 nitrogen and oxygen atoms in total. The van der Waals surface area contributed by atoms with Gasteiger partial charge in [-0.1, -0.05) is 39.5 Å². The third-order valence-electron chi connectivity index (χ3n) is 4.93. The van der Waals surface area contributed by atoms with Gasteiger partial charge in [0.15, 0.2) is 0 Å². The molecule has 0 aromatic heterocycles. The Kier molecular flexibility index (Phi) is 4.07. The van der Waals surface area contributed by atoms with Gasteiger partial charge >= 0.3 is 0 Å². The van der Waals surface area contributed by atoms with E-state index in [1.807, 2.05) is 0 Å². The fourth-order valence-corrected chi connectivity index (χ4v) is 3.89. The van der Waals surface area contributed by atoms with Crippen LogP contribution < -0.4 is 5.32 Å². The molecule has 88 valence electrons. The van der Waals surface area contributed by atoms with Gasteiger partial charge in [0.05, 0.1) is 0 Å². The number of hydrogen-bond donors (Lipinski definition) is 1. The van der Waals surface area contributed by atoms with Crippen molar-refractivity contribution in [2.45, 2.75) is 52.4 Å². The van der Waals surface area contributed by atoms with Crippen LogP contribution in [0.5, 0.6) is 0 Å². The third-order valence-corrected chi connectivity index (χ3v) is 4.93. The first-order valence-electron chi connectivity index (χ1n) is 7.03. The first-order valence-corrected chi connectivity index (χ1v) is 7.03. The van der Waals surface area contributed by atoms with Crippen molar-refractivity contribution in [3.63, 3.8) is 0 Å². The molecular formula is C14H27N. The molecule has 1 saturated carbocycles. The van der Waals surface area contributed by atoms with Crippen LogP contribution in [0.4, 0.5) is 0 Å². The predicted molar refractivity (Wildman–Crippen MR) is 65.9 cm³/mol. The van der Waals surface area contributed by atoms with Crippen molar-refractivity contribution in [1.82, 2.24) is 5.32 Å². The van der Waals surface area contributed by atoms with E-state index >= 15 is 0 Å². The molecule has 1 aliphatic carbocycles. The highest BCUT2D eigenvalue weighted by Gasteiger charge is 2.34. The summed E-state index contributed by atoms with van der Waals surface area (Å²) in [5.74, 6) is 4.00. The van der Waals surface area contributed by atoms with Crippen molar-refractivity contribution < 1.29 is 0 Å². The minimum absolute atomic E-state index is 0.961. The van der Waals surface area contributed by atoms with Gasteiger partial charge in [-0.25, -0.2) is 0 Å². The minimum atomic E-state index is 0.961. The Morgan fingerprint density at radius 1 is 1.07 bits per heavy atom. The smallest absolute Gasteiger partial charge is 0.00152 e. The number of rotatable bonds is 2. The minimum Gasteiger partial charge on any atom is -0.316 e. The van der Waals surface area contributed by atoms with Gasteiger partial charge in [0.2, 0.25) is 0 Å². The highest BCUT2D eigenvalue weighted by molar-refractivity contribution is 4.86. The van der Waals surface area contributed by atoms with E-state index in [2.05, 4.69) is 19.2 Å². The topological polar surface area (TPSA) is 12.0 Å². The molecule has 4 unspecified atom stereocenters. The Bertz CT molecular complexity index is 190. The lowest BCUT2D eigenvalue weighted by molar-refractivity contribution is 0.0967. The molecule has 4 atom stereocenters. The molecular weight excluding hydrogens is 182 g/mol. The van der Waals surface area contributed by atoms with Crippen molar-refractivity contribution in [3.8, 4) is 0 Å². The molecule has 2 fully saturated rings. The van der Waals surface area contributed by atoms with Crippen molar-refractivity contribution in [2.75, 3.05) is 13.1 Å². The summed E-state index contributed by atoms with van der Waals surface area (Å²) in [6.45, 7) is 7.42. The fraction of sp³-hybridized carbons (Fsp3) is 1.00. The van der Waals surface area contributed by atoms with Gasteiger partial charge in [-0.15, -0.1) is 0 Å². The van der Waals surface area contributed by atoms with Gasteiger partial charge in [0.25, 0.3) is 0 Å². The number of hydrogen-bond acceptors (Lipinski definition) is 1. The fourth-order valence-electron chi connectivity index (χ4n) is 3.89. The molecule has 0 aromatic rings. The molecule has 1 heterocycles. The molecule has 1 heteroatoms. The van der Waals surface area contributed by atoms with Gasteiger partial charge in [-0.05, 0) is 49.6 Å². The molecule has 2 rings (SSSR count). The molecule has 0 radical (unpaired) electrons. The summed E-state index contributed by atoms with van der Waals surface area (Å²) < 4.78 is 0. The molecule has 15 heavy (non-hydrogen) atoms. The summed E-state index contributed by atoms with van der Waals surface area (Å²) in [5, 5.41) is 3.61. The van der Waals surface area contributed by atoms with E-state index in [1.54, 1.807) is 0 Å². The van der Waals surface area contributed by atoms with E-state index in [0.29, 0.717) is 0 Å². The Morgan fingerprint density at radius 3 is 2.60 bits per heavy atom. The largest absolute Gasteiger partial charge is 0.316 e. The van der Waals surface area contributed by atoms with Crippen LogP contribution in [0.3, 0.4) is 0 Å². The van der Waals surface area contributed by atoms with E-state index in [9.17, 15) is 0 Å². The lowest BCUT2D eigenvalue weighted by atomic mass is 9.66. The zero-order valence-electron chi connectivity index (χ0n) is 10.5. The predicted octanol–water partition coefficient (Wildman–Crippen LogP) is 3.45. The highest BCUT2D eigenvalue weighted by atomic mass is 14.9. The lowest BCUT2D eigenvalue weighted by Crippen LogP contribution is -2.42. The molecule has 0 spiro atoms. The van der Waals surface area contributed by atoms with Crippen LogP contribution >= 0.6 is 0 Å². The number of piperidine rings is 1. The maximum Gasteiger partial charge on any atom is -0.00152 e. The Labute approximate surface area is 95.0 Å². The summed E-state index contributed by atoms with van der Waals surface area (Å²) in [7, 11) is 0. The van der Waals surface area contributed by atoms with Gasteiger partial charge in [0, 0.05) is 0 Å². The highest BCUT2D eigenvalue weighted by Crippen LogP contribution is 2.41. The van der Waals surface area contributed by atoms with E-state index in [4.69, 9.17) is 0 Å². The first kappa shape index (κ1) is 11.4. The molecule has 0 amide bonds. The van der Waals surface area contributed by atoms with Crippen LogP contribution in [0.1, 0.15) is 52.4 Å². The second-order valence-electron chi connectivity index (χ2n) is 5.75. The monoisotopic (exact) mass is 209 g/mol. The molecule has 2 aliphatic rings. The zero-order chi connectivity index (χ0) is 10.7. The number of nitrogens with one attached hydrogen (secondary N) is 1. The maximum absolute atomic E-state index is 3.61. The van der Waals surface area contributed by atoms with Gasteiger partial charge in [0.1, 0.15) is 0 Å². The second kappa shape index (κ2) is 5.34. The summed E-state index contributed by atoms with van der Waals surface area (Å²) in [6, 6.07) is 0. The van der Waals surface area contributed by atoms with Crippen LogP contribution in [-0.2, 0) is 0 Å². The first-order chi connectivity index (χ1) is 7.33. The van der Waals surface area contributed by atoms with Gasteiger partial charge in [-0.2, -0.15) is 0 Å². The lowest BCUT2D eigenvalue weighted by Gasteiger charge is -2.42. The Balaban J connectivity index is 1.99. The van der Waals surface area contributed by atoms with Gasteiger partial charge < -0.3 is 5.32 Å². The molecule has 1 saturated heterocycles.